The molecule has 19 heavy (non-hydrogen) atoms. The Hall–Kier alpha value is -1.24. The summed E-state index contributed by atoms with van der Waals surface area (Å²) in [6.45, 7) is 0. The Labute approximate surface area is 126 Å². The molecule has 1 N–H and O–H groups in total. The fraction of sp³-hybridized carbons (Fsp3) is 0. The monoisotopic (exact) mass is 363 g/mol. The summed E-state index contributed by atoms with van der Waals surface area (Å²) in [4.78, 5) is 19.4. The van der Waals surface area contributed by atoms with Crippen LogP contribution in [0.15, 0.2) is 29.3 Å². The number of benzene rings is 1. The number of hydrogen-bond donors (Lipinski definition) is 1. The first kappa shape index (κ1) is 14.2. The van der Waals surface area contributed by atoms with Gasteiger partial charge in [0, 0.05) is 4.47 Å². The molecule has 0 radical (unpaired) electrons. The largest absolute Gasteiger partial charge is 0.319 e. The van der Waals surface area contributed by atoms with Crippen molar-refractivity contribution in [3.05, 3.63) is 50.7 Å². The Kier molecular flexibility index (Phi) is 4.34. The number of aromatic nitrogens is 2. The normalized spacial score (nSPS) is 10.3. The molecule has 0 saturated carbocycles. The van der Waals surface area contributed by atoms with Crippen molar-refractivity contribution in [3.63, 3.8) is 0 Å². The van der Waals surface area contributed by atoms with Crippen LogP contribution in [-0.2, 0) is 0 Å². The van der Waals surface area contributed by atoms with Crippen LogP contribution in [0.25, 0.3) is 0 Å². The van der Waals surface area contributed by atoms with Crippen molar-refractivity contribution >= 4 is 50.7 Å². The smallest absolute Gasteiger partial charge is 0.259 e. The van der Waals surface area contributed by atoms with Crippen LogP contribution in [0, 0.1) is 5.82 Å². The van der Waals surface area contributed by atoms with Crippen molar-refractivity contribution in [1.29, 1.82) is 0 Å². The van der Waals surface area contributed by atoms with E-state index >= 15 is 0 Å². The predicted molar refractivity (Wildman–Crippen MR) is 74.1 cm³/mol. The lowest BCUT2D eigenvalue weighted by atomic mass is 10.2. The molecule has 2 aromatic rings. The Morgan fingerprint density at radius 1 is 1.32 bits per heavy atom. The van der Waals surface area contributed by atoms with Crippen LogP contribution in [-0.4, -0.2) is 15.9 Å². The van der Waals surface area contributed by atoms with Crippen LogP contribution in [0.5, 0.6) is 0 Å². The van der Waals surface area contributed by atoms with E-state index in [2.05, 4.69) is 31.2 Å². The van der Waals surface area contributed by atoms with E-state index in [1.165, 1.54) is 24.8 Å². The van der Waals surface area contributed by atoms with Gasteiger partial charge >= 0.3 is 0 Å². The van der Waals surface area contributed by atoms with Crippen molar-refractivity contribution in [2.24, 2.45) is 0 Å². The van der Waals surface area contributed by atoms with E-state index < -0.39 is 11.7 Å². The van der Waals surface area contributed by atoms with Crippen LogP contribution < -0.4 is 5.32 Å². The standard InChI is InChI=1S/C11H5BrCl2FN3O/c12-6-1-7(13)9(14)10(15)8(6)11(19)18-5-2-16-4-17-3-5/h1-4H,(H,18,19). The topological polar surface area (TPSA) is 54.9 Å². The lowest BCUT2D eigenvalue weighted by molar-refractivity contribution is 0.102. The minimum Gasteiger partial charge on any atom is -0.319 e. The molecule has 4 nitrogen and oxygen atoms in total. The van der Waals surface area contributed by atoms with Crippen molar-refractivity contribution in [2.75, 3.05) is 5.32 Å². The highest BCUT2D eigenvalue weighted by Crippen LogP contribution is 2.33. The summed E-state index contributed by atoms with van der Waals surface area (Å²) in [6, 6.07) is 1.35. The molecule has 0 aliphatic rings. The predicted octanol–water partition coefficient (Wildman–Crippen LogP) is 3.94. The molecule has 8 heteroatoms. The second-order valence-corrected chi connectivity index (χ2v) is 5.06. The van der Waals surface area contributed by atoms with Gasteiger partial charge in [0.15, 0.2) is 5.82 Å². The zero-order valence-electron chi connectivity index (χ0n) is 9.12. The molecule has 1 heterocycles. The highest BCUT2D eigenvalue weighted by Gasteiger charge is 2.21. The highest BCUT2D eigenvalue weighted by atomic mass is 79.9. The number of rotatable bonds is 2. The molecule has 2 rings (SSSR count). The fourth-order valence-electron chi connectivity index (χ4n) is 1.33. The first-order valence-corrected chi connectivity index (χ1v) is 6.45. The number of carbonyl (C=O) groups excluding carboxylic acids is 1. The van der Waals surface area contributed by atoms with Crippen LogP contribution in [0.1, 0.15) is 10.4 Å². The van der Waals surface area contributed by atoms with Crippen molar-refractivity contribution in [2.45, 2.75) is 0 Å². The second kappa shape index (κ2) is 5.81. The summed E-state index contributed by atoms with van der Waals surface area (Å²) in [5, 5.41) is 2.16. The van der Waals surface area contributed by atoms with E-state index in [-0.39, 0.29) is 20.1 Å². The third kappa shape index (κ3) is 3.02. The zero-order chi connectivity index (χ0) is 14.0. The van der Waals surface area contributed by atoms with Gasteiger partial charge in [0.1, 0.15) is 6.33 Å². The van der Waals surface area contributed by atoms with E-state index in [0.717, 1.165) is 0 Å². The zero-order valence-corrected chi connectivity index (χ0v) is 12.2. The van der Waals surface area contributed by atoms with E-state index in [0.29, 0.717) is 5.69 Å². The van der Waals surface area contributed by atoms with Gasteiger partial charge in [-0.05, 0) is 22.0 Å². The summed E-state index contributed by atoms with van der Waals surface area (Å²) in [7, 11) is 0. The van der Waals surface area contributed by atoms with Gasteiger partial charge < -0.3 is 5.32 Å². The maximum atomic E-state index is 13.9. The maximum absolute atomic E-state index is 13.9. The van der Waals surface area contributed by atoms with E-state index in [1.807, 2.05) is 0 Å². The lowest BCUT2D eigenvalue weighted by Gasteiger charge is -2.09. The van der Waals surface area contributed by atoms with Gasteiger partial charge in [-0.15, -0.1) is 0 Å². The summed E-state index contributed by atoms with van der Waals surface area (Å²) < 4.78 is 14.1. The summed E-state index contributed by atoms with van der Waals surface area (Å²) >= 11 is 14.4. The lowest BCUT2D eigenvalue weighted by Crippen LogP contribution is -2.15. The summed E-state index contributed by atoms with van der Waals surface area (Å²) in [5.41, 5.74) is 0.100. The van der Waals surface area contributed by atoms with Crippen molar-refractivity contribution < 1.29 is 9.18 Å². The Morgan fingerprint density at radius 3 is 2.58 bits per heavy atom. The van der Waals surface area contributed by atoms with E-state index in [4.69, 9.17) is 23.2 Å². The maximum Gasteiger partial charge on any atom is 0.259 e. The van der Waals surface area contributed by atoms with Crippen LogP contribution >= 0.6 is 39.1 Å². The van der Waals surface area contributed by atoms with Crippen LogP contribution in [0.2, 0.25) is 10.0 Å². The van der Waals surface area contributed by atoms with Gasteiger partial charge in [0.2, 0.25) is 0 Å². The molecule has 0 bridgehead atoms. The third-order valence-corrected chi connectivity index (χ3v) is 3.55. The number of nitrogens with one attached hydrogen (secondary N) is 1. The summed E-state index contributed by atoms with van der Waals surface area (Å²) in [6.07, 6.45) is 4.08. The summed E-state index contributed by atoms with van der Waals surface area (Å²) in [5.74, 6) is -1.58. The quantitative estimate of drug-likeness (QED) is 0.648. The molecule has 0 aliphatic heterocycles. The Morgan fingerprint density at radius 2 is 1.95 bits per heavy atom. The molecule has 98 valence electrons. The molecule has 1 amide bonds. The van der Waals surface area contributed by atoms with Gasteiger partial charge in [-0.3, -0.25) is 4.79 Å². The van der Waals surface area contributed by atoms with Gasteiger partial charge in [-0.25, -0.2) is 14.4 Å². The minimum atomic E-state index is -0.893. The fourth-order valence-corrected chi connectivity index (χ4v) is 2.39. The molecule has 0 aliphatic carbocycles. The SMILES string of the molecule is O=C(Nc1cncnc1)c1c(Br)cc(Cl)c(Cl)c1F. The molecule has 0 fully saturated rings. The Bertz CT molecular complexity index is 640. The van der Waals surface area contributed by atoms with E-state index in [9.17, 15) is 9.18 Å². The van der Waals surface area contributed by atoms with Gasteiger partial charge in [-0.1, -0.05) is 23.2 Å². The highest BCUT2D eigenvalue weighted by molar-refractivity contribution is 9.10. The first-order valence-electron chi connectivity index (χ1n) is 4.90. The van der Waals surface area contributed by atoms with Gasteiger partial charge in [0.05, 0.1) is 33.7 Å². The average Bonchev–Trinajstić information content (AvgIpc) is 2.37. The average molecular weight is 365 g/mol. The van der Waals surface area contributed by atoms with Crippen molar-refractivity contribution in [1.82, 2.24) is 9.97 Å². The molecule has 0 saturated heterocycles. The molecule has 0 spiro atoms. The first-order chi connectivity index (χ1) is 9.00. The van der Waals surface area contributed by atoms with Crippen molar-refractivity contribution in [3.8, 4) is 0 Å². The number of amides is 1. The molecular weight excluding hydrogens is 360 g/mol. The second-order valence-electron chi connectivity index (χ2n) is 3.42. The van der Waals surface area contributed by atoms with Gasteiger partial charge in [0.25, 0.3) is 5.91 Å². The van der Waals surface area contributed by atoms with Crippen LogP contribution in [0.4, 0.5) is 10.1 Å². The number of halogens is 4. The number of hydrogen-bond acceptors (Lipinski definition) is 3. The molecule has 0 unspecified atom stereocenters. The molecule has 1 aromatic carbocycles. The molecular formula is C11H5BrCl2FN3O. The number of anilines is 1. The molecule has 0 atom stereocenters. The van der Waals surface area contributed by atoms with Crippen LogP contribution in [0.3, 0.4) is 0 Å². The number of nitrogens with zero attached hydrogens (tertiary/aromatic N) is 2. The third-order valence-electron chi connectivity index (χ3n) is 2.16. The van der Waals surface area contributed by atoms with Gasteiger partial charge in [-0.2, -0.15) is 0 Å². The van der Waals surface area contributed by atoms with E-state index in [1.54, 1.807) is 0 Å². The Balaban J connectivity index is 2.37. The molecule has 1 aromatic heterocycles. The number of carbonyl (C=O) groups is 1. The minimum absolute atomic E-state index is 0.0191.